The maximum atomic E-state index is 13.0. The molecule has 1 spiro atoms. The van der Waals surface area contributed by atoms with Gasteiger partial charge in [-0.15, -0.1) is 0 Å². The van der Waals surface area contributed by atoms with Crippen LogP contribution in [0.2, 0.25) is 0 Å². The van der Waals surface area contributed by atoms with Crippen LogP contribution in [0, 0.1) is 5.82 Å². The highest BCUT2D eigenvalue weighted by Gasteiger charge is 2.42. The third-order valence-corrected chi connectivity index (χ3v) is 6.69. The van der Waals surface area contributed by atoms with Crippen molar-refractivity contribution in [3.63, 3.8) is 0 Å². The Hall–Kier alpha value is -1.66. The minimum atomic E-state index is -0.258. The van der Waals surface area contributed by atoms with Gasteiger partial charge in [-0.05, 0) is 69.3 Å². The molecule has 1 unspecified atom stereocenters. The van der Waals surface area contributed by atoms with Crippen LogP contribution in [-0.4, -0.2) is 60.3 Å². The van der Waals surface area contributed by atoms with E-state index < -0.39 is 0 Å². The number of benzene rings is 1. The van der Waals surface area contributed by atoms with Gasteiger partial charge in [0.05, 0.1) is 5.60 Å². The molecule has 3 fully saturated rings. The molecule has 1 N–H and O–H groups in total. The van der Waals surface area contributed by atoms with Gasteiger partial charge in [-0.25, -0.2) is 9.18 Å². The molecule has 1 aromatic rings. The number of hydrogen-bond donors (Lipinski definition) is 1. The van der Waals surface area contributed by atoms with Crippen molar-refractivity contribution in [1.29, 1.82) is 0 Å². The second kappa shape index (κ2) is 8.78. The number of nitrogens with zero attached hydrogens (tertiary/aromatic N) is 2. The van der Waals surface area contributed by atoms with Crippen LogP contribution in [0.25, 0.3) is 0 Å². The van der Waals surface area contributed by atoms with E-state index in [1.54, 1.807) is 12.1 Å². The largest absolute Gasteiger partial charge is 0.375 e. The van der Waals surface area contributed by atoms with Crippen molar-refractivity contribution < 1.29 is 13.9 Å². The Morgan fingerprint density at radius 1 is 1.11 bits per heavy atom. The maximum Gasteiger partial charge on any atom is 0.317 e. The summed E-state index contributed by atoms with van der Waals surface area (Å²) in [6, 6.07) is 6.86. The molecule has 154 valence electrons. The lowest BCUT2D eigenvalue weighted by Gasteiger charge is -2.49. The van der Waals surface area contributed by atoms with E-state index in [1.165, 1.54) is 44.5 Å². The minimum absolute atomic E-state index is 0.0393. The first-order valence-corrected chi connectivity index (χ1v) is 10.8. The van der Waals surface area contributed by atoms with Crippen molar-refractivity contribution in [2.45, 2.75) is 63.1 Å². The Bertz CT molecular complexity index is 652. The quantitative estimate of drug-likeness (QED) is 0.860. The second-order valence-corrected chi connectivity index (χ2v) is 8.55. The highest BCUT2D eigenvalue weighted by molar-refractivity contribution is 5.74. The zero-order chi connectivity index (χ0) is 19.4. The van der Waals surface area contributed by atoms with Gasteiger partial charge in [-0.3, -0.25) is 0 Å². The Balaban J connectivity index is 1.26. The summed E-state index contributed by atoms with van der Waals surface area (Å²) >= 11 is 0. The molecule has 0 bridgehead atoms. The molecule has 0 radical (unpaired) electrons. The van der Waals surface area contributed by atoms with E-state index in [-0.39, 0.29) is 17.4 Å². The predicted molar refractivity (Wildman–Crippen MR) is 107 cm³/mol. The molecule has 3 heterocycles. The lowest BCUT2D eigenvalue weighted by molar-refractivity contribution is -0.130. The van der Waals surface area contributed by atoms with Crippen molar-refractivity contribution >= 4 is 6.03 Å². The van der Waals surface area contributed by atoms with Crippen LogP contribution < -0.4 is 5.32 Å². The van der Waals surface area contributed by atoms with Crippen molar-refractivity contribution in [2.75, 3.05) is 32.8 Å². The monoisotopic (exact) mass is 389 g/mol. The van der Waals surface area contributed by atoms with E-state index in [1.807, 2.05) is 4.90 Å². The number of ether oxygens (including phenoxy) is 1. The van der Waals surface area contributed by atoms with E-state index in [9.17, 15) is 9.18 Å². The van der Waals surface area contributed by atoms with Gasteiger partial charge >= 0.3 is 6.03 Å². The van der Waals surface area contributed by atoms with E-state index in [0.29, 0.717) is 12.6 Å². The van der Waals surface area contributed by atoms with Gasteiger partial charge in [0.25, 0.3) is 0 Å². The number of halogens is 1. The van der Waals surface area contributed by atoms with Gasteiger partial charge < -0.3 is 19.9 Å². The molecule has 3 aliphatic heterocycles. The maximum absolute atomic E-state index is 13.0. The first-order chi connectivity index (χ1) is 13.6. The molecule has 0 aromatic heterocycles. The number of carbonyl (C=O) groups is 1. The summed E-state index contributed by atoms with van der Waals surface area (Å²) in [5.41, 5.74) is 0.858. The number of amides is 2. The molecule has 0 aliphatic carbocycles. The Kier molecular flexibility index (Phi) is 6.16. The molecule has 28 heavy (non-hydrogen) atoms. The summed E-state index contributed by atoms with van der Waals surface area (Å²) in [4.78, 5) is 17.1. The molecule has 1 atom stereocenters. The van der Waals surface area contributed by atoms with Gasteiger partial charge in [0.1, 0.15) is 5.82 Å². The smallest absolute Gasteiger partial charge is 0.317 e. The molecule has 4 rings (SSSR count). The zero-order valence-electron chi connectivity index (χ0n) is 16.7. The van der Waals surface area contributed by atoms with E-state index in [2.05, 4.69) is 10.2 Å². The van der Waals surface area contributed by atoms with Gasteiger partial charge in [0.2, 0.25) is 0 Å². The van der Waals surface area contributed by atoms with E-state index >= 15 is 0 Å². The molecule has 3 saturated heterocycles. The molecule has 2 amide bonds. The summed E-state index contributed by atoms with van der Waals surface area (Å²) in [5.74, 6) is -0.258. The molecular formula is C22H32FN3O2. The topological polar surface area (TPSA) is 44.8 Å². The van der Waals surface area contributed by atoms with Crippen LogP contribution in [0.3, 0.4) is 0 Å². The Morgan fingerprint density at radius 2 is 1.82 bits per heavy atom. The summed E-state index contributed by atoms with van der Waals surface area (Å²) in [7, 11) is 0. The normalized spacial score (nSPS) is 25.6. The number of urea groups is 1. The average molecular weight is 390 g/mol. The molecule has 1 aromatic carbocycles. The van der Waals surface area contributed by atoms with Gasteiger partial charge in [0.15, 0.2) is 0 Å². The van der Waals surface area contributed by atoms with Gasteiger partial charge in [-0.2, -0.15) is 0 Å². The fourth-order valence-electron chi connectivity index (χ4n) is 4.95. The first kappa shape index (κ1) is 19.6. The Labute approximate surface area is 167 Å². The van der Waals surface area contributed by atoms with Crippen molar-refractivity contribution in [3.8, 4) is 0 Å². The molecule has 3 aliphatic rings. The van der Waals surface area contributed by atoms with Crippen molar-refractivity contribution in [3.05, 3.63) is 35.6 Å². The fraction of sp³-hybridized carbons (Fsp3) is 0.682. The number of piperidine rings is 2. The third-order valence-electron chi connectivity index (χ3n) is 6.69. The lowest BCUT2D eigenvalue weighted by Crippen LogP contribution is -2.56. The lowest BCUT2D eigenvalue weighted by atomic mass is 9.81. The molecule has 6 heteroatoms. The second-order valence-electron chi connectivity index (χ2n) is 8.55. The number of carbonyl (C=O) groups excluding carboxylic acids is 1. The van der Waals surface area contributed by atoms with Crippen molar-refractivity contribution in [1.82, 2.24) is 15.1 Å². The van der Waals surface area contributed by atoms with Crippen LogP contribution in [-0.2, 0) is 11.3 Å². The molecule has 5 nitrogen and oxygen atoms in total. The third kappa shape index (κ3) is 4.66. The number of hydrogen-bond acceptors (Lipinski definition) is 3. The summed E-state index contributed by atoms with van der Waals surface area (Å²) in [5, 5.41) is 2.96. The van der Waals surface area contributed by atoms with Crippen LogP contribution >= 0.6 is 0 Å². The van der Waals surface area contributed by atoms with Gasteiger partial charge in [0, 0.05) is 32.3 Å². The highest BCUT2D eigenvalue weighted by Crippen LogP contribution is 2.37. The van der Waals surface area contributed by atoms with Crippen LogP contribution in [0.1, 0.15) is 50.5 Å². The zero-order valence-corrected chi connectivity index (χ0v) is 16.7. The van der Waals surface area contributed by atoms with E-state index in [4.69, 9.17) is 4.74 Å². The number of likely N-dealkylation sites (tertiary alicyclic amines) is 2. The predicted octanol–water partition coefficient (Wildman–Crippen LogP) is 3.53. The summed E-state index contributed by atoms with van der Waals surface area (Å²) in [6.45, 7) is 5.22. The average Bonchev–Trinajstić information content (AvgIpc) is 2.74. The van der Waals surface area contributed by atoms with Crippen molar-refractivity contribution in [2.24, 2.45) is 0 Å². The standard InChI is InChI=1S/C22H32FN3O2/c23-19-6-4-18(5-7-19)17-24-21(27)26-13-9-22(10-14-26)16-20(8-15-28-22)25-11-2-1-3-12-25/h4-7,20H,1-3,8-17H2,(H,24,27). The van der Waals surface area contributed by atoms with Crippen LogP contribution in [0.5, 0.6) is 0 Å². The van der Waals surface area contributed by atoms with Crippen LogP contribution in [0.15, 0.2) is 24.3 Å². The first-order valence-electron chi connectivity index (χ1n) is 10.8. The number of nitrogens with one attached hydrogen (secondary N) is 1. The number of rotatable bonds is 3. The minimum Gasteiger partial charge on any atom is -0.375 e. The SMILES string of the molecule is O=C(NCc1ccc(F)cc1)N1CCC2(CC1)CC(N1CCCCC1)CCO2. The molecular weight excluding hydrogens is 357 g/mol. The summed E-state index contributed by atoms with van der Waals surface area (Å²) in [6.07, 6.45) is 8.11. The van der Waals surface area contributed by atoms with Crippen LogP contribution in [0.4, 0.5) is 9.18 Å². The van der Waals surface area contributed by atoms with Gasteiger partial charge in [-0.1, -0.05) is 18.6 Å². The molecule has 0 saturated carbocycles. The van der Waals surface area contributed by atoms with E-state index in [0.717, 1.165) is 50.9 Å². The highest BCUT2D eigenvalue weighted by atomic mass is 19.1. The fourth-order valence-corrected chi connectivity index (χ4v) is 4.95. The summed E-state index contributed by atoms with van der Waals surface area (Å²) < 4.78 is 19.3. The Morgan fingerprint density at radius 3 is 2.54 bits per heavy atom.